The van der Waals surface area contributed by atoms with Gasteiger partial charge in [-0.1, -0.05) is 6.42 Å². The Morgan fingerprint density at radius 1 is 1.45 bits per heavy atom. The van der Waals surface area contributed by atoms with Crippen LogP contribution in [0.1, 0.15) is 19.3 Å². The molecule has 0 amide bonds. The van der Waals surface area contributed by atoms with Gasteiger partial charge in [0.1, 0.15) is 0 Å². The molecule has 0 radical (unpaired) electrons. The summed E-state index contributed by atoms with van der Waals surface area (Å²) in [7, 11) is 0. The summed E-state index contributed by atoms with van der Waals surface area (Å²) in [4.78, 5) is 2.47. The average molecular weight is 174 g/mol. The van der Waals surface area contributed by atoms with Crippen LogP contribution < -0.4 is 5.73 Å². The van der Waals surface area contributed by atoms with Crippen molar-refractivity contribution in [3.8, 4) is 0 Å². The van der Waals surface area contributed by atoms with E-state index in [1.807, 2.05) is 0 Å². The SMILES string of the molecule is NCC1CCCCN1CCS. The van der Waals surface area contributed by atoms with Crippen molar-refractivity contribution in [2.75, 3.05) is 25.4 Å². The predicted molar refractivity (Wildman–Crippen MR) is 52.1 cm³/mol. The van der Waals surface area contributed by atoms with E-state index in [1.165, 1.54) is 25.8 Å². The minimum Gasteiger partial charge on any atom is -0.329 e. The fourth-order valence-corrected chi connectivity index (χ4v) is 2.01. The molecule has 1 rings (SSSR count). The van der Waals surface area contributed by atoms with Crippen molar-refractivity contribution in [3.63, 3.8) is 0 Å². The molecule has 1 aliphatic rings. The van der Waals surface area contributed by atoms with E-state index < -0.39 is 0 Å². The van der Waals surface area contributed by atoms with E-state index in [0.717, 1.165) is 18.8 Å². The van der Waals surface area contributed by atoms with Crippen LogP contribution in [0.4, 0.5) is 0 Å². The second-order valence-electron chi connectivity index (χ2n) is 3.14. The van der Waals surface area contributed by atoms with Gasteiger partial charge >= 0.3 is 0 Å². The van der Waals surface area contributed by atoms with Crippen LogP contribution in [0.3, 0.4) is 0 Å². The molecule has 0 bridgehead atoms. The highest BCUT2D eigenvalue weighted by Gasteiger charge is 2.19. The van der Waals surface area contributed by atoms with Crippen LogP contribution >= 0.6 is 12.6 Å². The van der Waals surface area contributed by atoms with Crippen LogP contribution in [0.15, 0.2) is 0 Å². The second-order valence-corrected chi connectivity index (χ2v) is 3.59. The Balaban J connectivity index is 2.31. The number of hydrogen-bond donors (Lipinski definition) is 2. The summed E-state index contributed by atoms with van der Waals surface area (Å²) in [6, 6.07) is 0.635. The largest absolute Gasteiger partial charge is 0.329 e. The van der Waals surface area contributed by atoms with E-state index in [0.29, 0.717) is 6.04 Å². The van der Waals surface area contributed by atoms with Crippen molar-refractivity contribution < 1.29 is 0 Å². The van der Waals surface area contributed by atoms with Crippen LogP contribution in [-0.2, 0) is 0 Å². The lowest BCUT2D eigenvalue weighted by atomic mass is 10.0. The zero-order valence-corrected chi connectivity index (χ0v) is 7.89. The highest BCUT2D eigenvalue weighted by molar-refractivity contribution is 7.80. The predicted octanol–water partition coefficient (Wildman–Crippen LogP) is 0.729. The molecule has 1 heterocycles. The molecule has 66 valence electrons. The van der Waals surface area contributed by atoms with Gasteiger partial charge < -0.3 is 5.73 Å². The van der Waals surface area contributed by atoms with Crippen LogP contribution in [0.2, 0.25) is 0 Å². The average Bonchev–Trinajstić information content (AvgIpc) is 2.06. The number of nitrogens with two attached hydrogens (primary N) is 1. The topological polar surface area (TPSA) is 29.3 Å². The van der Waals surface area contributed by atoms with Gasteiger partial charge in [-0.2, -0.15) is 12.6 Å². The molecule has 11 heavy (non-hydrogen) atoms. The Labute approximate surface area is 74.5 Å². The summed E-state index contributed by atoms with van der Waals surface area (Å²) in [5, 5.41) is 0. The van der Waals surface area contributed by atoms with Crippen molar-refractivity contribution in [1.29, 1.82) is 0 Å². The molecular formula is C8H18N2S. The number of likely N-dealkylation sites (tertiary alicyclic amines) is 1. The molecule has 0 saturated carbocycles. The lowest BCUT2D eigenvalue weighted by molar-refractivity contribution is 0.163. The maximum Gasteiger partial charge on any atom is 0.0218 e. The van der Waals surface area contributed by atoms with Crippen LogP contribution in [0.5, 0.6) is 0 Å². The minimum atomic E-state index is 0.635. The van der Waals surface area contributed by atoms with Gasteiger partial charge in [-0.15, -0.1) is 0 Å². The summed E-state index contributed by atoms with van der Waals surface area (Å²) in [6.07, 6.45) is 3.97. The molecule has 1 fully saturated rings. The fraction of sp³-hybridized carbons (Fsp3) is 1.00. The lowest BCUT2D eigenvalue weighted by Gasteiger charge is -2.34. The molecular weight excluding hydrogens is 156 g/mol. The van der Waals surface area contributed by atoms with E-state index in [9.17, 15) is 0 Å². The molecule has 0 spiro atoms. The second kappa shape index (κ2) is 5.01. The van der Waals surface area contributed by atoms with Gasteiger partial charge in [0.05, 0.1) is 0 Å². The first-order chi connectivity index (χ1) is 5.38. The number of hydrogen-bond acceptors (Lipinski definition) is 3. The zero-order valence-electron chi connectivity index (χ0n) is 7.00. The van der Waals surface area contributed by atoms with Crippen molar-refractivity contribution in [1.82, 2.24) is 4.90 Å². The van der Waals surface area contributed by atoms with Crippen molar-refractivity contribution in [2.45, 2.75) is 25.3 Å². The quantitative estimate of drug-likeness (QED) is 0.618. The molecule has 2 N–H and O–H groups in total. The van der Waals surface area contributed by atoms with Gasteiger partial charge in [0.25, 0.3) is 0 Å². The smallest absolute Gasteiger partial charge is 0.0218 e. The maximum atomic E-state index is 5.66. The first-order valence-electron chi connectivity index (χ1n) is 4.43. The van der Waals surface area contributed by atoms with E-state index in [4.69, 9.17) is 5.73 Å². The van der Waals surface area contributed by atoms with Crippen molar-refractivity contribution in [2.24, 2.45) is 5.73 Å². The standard InChI is InChI=1S/C8H18N2S/c9-7-8-3-1-2-4-10(8)5-6-11/h8,11H,1-7,9H2. The molecule has 1 saturated heterocycles. The van der Waals surface area contributed by atoms with E-state index in [1.54, 1.807) is 0 Å². The van der Waals surface area contributed by atoms with E-state index >= 15 is 0 Å². The number of rotatable bonds is 3. The van der Waals surface area contributed by atoms with Gasteiger partial charge in [0.15, 0.2) is 0 Å². The Morgan fingerprint density at radius 2 is 2.27 bits per heavy atom. The normalized spacial score (nSPS) is 27.3. The third kappa shape index (κ3) is 2.65. The number of thiol groups is 1. The molecule has 1 unspecified atom stereocenters. The first-order valence-corrected chi connectivity index (χ1v) is 5.06. The lowest BCUT2D eigenvalue weighted by Crippen LogP contribution is -2.44. The molecule has 0 aromatic rings. The fourth-order valence-electron chi connectivity index (χ4n) is 1.75. The Morgan fingerprint density at radius 3 is 2.91 bits per heavy atom. The highest BCUT2D eigenvalue weighted by atomic mass is 32.1. The minimum absolute atomic E-state index is 0.635. The summed E-state index contributed by atoms with van der Waals surface area (Å²) < 4.78 is 0. The van der Waals surface area contributed by atoms with Gasteiger partial charge in [0.2, 0.25) is 0 Å². The highest BCUT2D eigenvalue weighted by Crippen LogP contribution is 2.15. The van der Waals surface area contributed by atoms with E-state index in [-0.39, 0.29) is 0 Å². The zero-order chi connectivity index (χ0) is 8.10. The summed E-state index contributed by atoms with van der Waals surface area (Å²) >= 11 is 4.23. The number of nitrogens with zero attached hydrogens (tertiary/aromatic N) is 1. The van der Waals surface area contributed by atoms with Gasteiger partial charge in [-0.25, -0.2) is 0 Å². The van der Waals surface area contributed by atoms with Gasteiger partial charge in [0, 0.05) is 24.9 Å². The van der Waals surface area contributed by atoms with Crippen LogP contribution in [0.25, 0.3) is 0 Å². The third-order valence-electron chi connectivity index (χ3n) is 2.41. The van der Waals surface area contributed by atoms with Gasteiger partial charge in [-0.05, 0) is 19.4 Å². The summed E-state index contributed by atoms with van der Waals surface area (Å²) in [5.41, 5.74) is 5.66. The maximum absolute atomic E-state index is 5.66. The van der Waals surface area contributed by atoms with Crippen LogP contribution in [0, 0.1) is 0 Å². The van der Waals surface area contributed by atoms with Crippen molar-refractivity contribution >= 4 is 12.6 Å². The summed E-state index contributed by atoms with van der Waals surface area (Å²) in [6.45, 7) is 3.14. The summed E-state index contributed by atoms with van der Waals surface area (Å²) in [5.74, 6) is 0.955. The van der Waals surface area contributed by atoms with E-state index in [2.05, 4.69) is 17.5 Å². The van der Waals surface area contributed by atoms with Gasteiger partial charge in [-0.3, -0.25) is 4.90 Å². The molecule has 3 heteroatoms. The van der Waals surface area contributed by atoms with Crippen molar-refractivity contribution in [3.05, 3.63) is 0 Å². The molecule has 0 aromatic heterocycles. The Hall–Kier alpha value is 0.270. The Kier molecular flexibility index (Phi) is 4.26. The first kappa shape index (κ1) is 9.36. The molecule has 0 aliphatic carbocycles. The monoisotopic (exact) mass is 174 g/mol. The Bertz CT molecular complexity index is 106. The third-order valence-corrected chi connectivity index (χ3v) is 2.61. The molecule has 1 atom stereocenters. The molecule has 0 aromatic carbocycles. The van der Waals surface area contributed by atoms with Crippen LogP contribution in [-0.4, -0.2) is 36.3 Å². The molecule has 2 nitrogen and oxygen atoms in total. The number of piperidine rings is 1. The molecule has 1 aliphatic heterocycles.